The molecule has 1 atom stereocenters. The molecule has 2 N–H and O–H groups in total. The van der Waals surface area contributed by atoms with E-state index in [1.54, 1.807) is 0 Å². The second-order valence-corrected chi connectivity index (χ2v) is 5.94. The number of amides is 1. The second-order valence-electron chi connectivity index (χ2n) is 4.53. The summed E-state index contributed by atoms with van der Waals surface area (Å²) in [6, 6.07) is 0. The van der Waals surface area contributed by atoms with Gasteiger partial charge in [0, 0.05) is 30.5 Å². The quantitative estimate of drug-likeness (QED) is 0.731. The van der Waals surface area contributed by atoms with E-state index < -0.39 is 0 Å². The minimum atomic E-state index is 0.127. The van der Waals surface area contributed by atoms with Gasteiger partial charge in [-0.15, -0.1) is 0 Å². The average molecular weight is 240 g/mol. The minimum absolute atomic E-state index is 0.127. The van der Waals surface area contributed by atoms with Crippen LogP contribution in [-0.4, -0.2) is 36.5 Å². The number of nitrogens with one attached hydrogen (secondary N) is 2. The van der Waals surface area contributed by atoms with E-state index in [1.165, 1.54) is 30.6 Å². The van der Waals surface area contributed by atoms with Gasteiger partial charge in [-0.3, -0.25) is 4.79 Å². The van der Waals surface area contributed by atoms with E-state index in [1.807, 2.05) is 18.7 Å². The summed E-state index contributed by atoms with van der Waals surface area (Å²) >= 11 is 2.00. The Hall–Kier alpha value is -0.480. The van der Waals surface area contributed by atoms with Gasteiger partial charge in [-0.25, -0.2) is 0 Å². The monoisotopic (exact) mass is 240 g/mol. The molecule has 0 saturated carbocycles. The van der Waals surface area contributed by atoms with Crippen LogP contribution in [0.4, 0.5) is 0 Å². The van der Waals surface area contributed by atoms with Crippen molar-refractivity contribution in [1.29, 1.82) is 0 Å². The van der Waals surface area contributed by atoms with Gasteiger partial charge in [-0.05, 0) is 31.1 Å². The summed E-state index contributed by atoms with van der Waals surface area (Å²) in [6.07, 6.45) is 3.91. The molecular weight excluding hydrogens is 220 g/mol. The van der Waals surface area contributed by atoms with Crippen LogP contribution in [-0.2, 0) is 4.79 Å². The van der Waals surface area contributed by atoms with Gasteiger partial charge >= 0.3 is 0 Å². The Morgan fingerprint density at radius 2 is 2.31 bits per heavy atom. The molecule has 2 aliphatic rings. The molecule has 0 aliphatic carbocycles. The highest BCUT2D eigenvalue weighted by Crippen LogP contribution is 2.24. The Balaban J connectivity index is 1.74. The maximum absolute atomic E-state index is 11.8. The molecule has 2 aliphatic heterocycles. The lowest BCUT2D eigenvalue weighted by molar-refractivity contribution is -0.117. The normalized spacial score (nSPS) is 24.8. The van der Waals surface area contributed by atoms with E-state index in [0.29, 0.717) is 5.25 Å². The van der Waals surface area contributed by atoms with Crippen molar-refractivity contribution in [2.75, 3.05) is 25.4 Å². The lowest BCUT2D eigenvalue weighted by atomic mass is 10.0. The Kier molecular flexibility index (Phi) is 4.29. The van der Waals surface area contributed by atoms with Crippen LogP contribution in [0.1, 0.15) is 26.2 Å². The largest absolute Gasteiger partial charge is 0.351 e. The first-order valence-electron chi connectivity index (χ1n) is 6.06. The molecule has 2 heterocycles. The molecule has 0 aromatic heterocycles. The van der Waals surface area contributed by atoms with Crippen molar-refractivity contribution >= 4 is 17.7 Å². The van der Waals surface area contributed by atoms with E-state index >= 15 is 0 Å². The lowest BCUT2D eigenvalue weighted by Gasteiger charge is -2.24. The number of carbonyl (C=O) groups is 1. The Morgan fingerprint density at radius 3 is 2.88 bits per heavy atom. The predicted molar refractivity (Wildman–Crippen MR) is 68.7 cm³/mol. The maximum Gasteiger partial charge on any atom is 0.247 e. The molecule has 2 rings (SSSR count). The zero-order valence-electron chi connectivity index (χ0n) is 9.84. The minimum Gasteiger partial charge on any atom is -0.351 e. The summed E-state index contributed by atoms with van der Waals surface area (Å²) in [4.78, 5) is 11.8. The Morgan fingerprint density at radius 1 is 1.50 bits per heavy atom. The van der Waals surface area contributed by atoms with Gasteiger partial charge in [0.15, 0.2) is 0 Å². The van der Waals surface area contributed by atoms with E-state index in [0.717, 1.165) is 25.2 Å². The third-order valence-electron chi connectivity index (χ3n) is 3.31. The first kappa shape index (κ1) is 12.0. The molecule has 1 amide bonds. The van der Waals surface area contributed by atoms with Crippen LogP contribution < -0.4 is 10.6 Å². The van der Waals surface area contributed by atoms with Crippen molar-refractivity contribution in [2.24, 2.45) is 0 Å². The van der Waals surface area contributed by atoms with Gasteiger partial charge in [0.05, 0.1) is 0 Å². The fourth-order valence-corrected chi connectivity index (χ4v) is 3.22. The molecule has 0 radical (unpaired) electrons. The molecular formula is C12H20N2OS. The molecule has 3 nitrogen and oxygen atoms in total. The van der Waals surface area contributed by atoms with Crippen LogP contribution >= 0.6 is 11.8 Å². The van der Waals surface area contributed by atoms with Crippen molar-refractivity contribution in [1.82, 2.24) is 10.6 Å². The van der Waals surface area contributed by atoms with Crippen molar-refractivity contribution < 1.29 is 4.79 Å². The van der Waals surface area contributed by atoms with E-state index in [4.69, 9.17) is 0 Å². The van der Waals surface area contributed by atoms with E-state index in [-0.39, 0.29) is 5.91 Å². The van der Waals surface area contributed by atoms with Crippen LogP contribution in [0.25, 0.3) is 0 Å². The average Bonchev–Trinajstić information content (AvgIpc) is 2.25. The van der Waals surface area contributed by atoms with Gasteiger partial charge in [-0.1, -0.05) is 6.42 Å². The Labute approximate surface area is 101 Å². The van der Waals surface area contributed by atoms with Crippen LogP contribution in [0.15, 0.2) is 11.1 Å². The van der Waals surface area contributed by atoms with Crippen LogP contribution in [0.5, 0.6) is 0 Å². The van der Waals surface area contributed by atoms with Crippen LogP contribution in [0.3, 0.4) is 0 Å². The van der Waals surface area contributed by atoms with E-state index in [9.17, 15) is 4.79 Å². The molecule has 2 fully saturated rings. The zero-order valence-corrected chi connectivity index (χ0v) is 10.7. The number of hydrogen-bond donors (Lipinski definition) is 2. The number of rotatable bonds is 3. The molecule has 2 saturated heterocycles. The maximum atomic E-state index is 11.8. The number of carbonyl (C=O) groups excluding carboxylic acids is 1. The van der Waals surface area contributed by atoms with Gasteiger partial charge in [0.1, 0.15) is 0 Å². The van der Waals surface area contributed by atoms with Gasteiger partial charge in [0.25, 0.3) is 0 Å². The summed E-state index contributed by atoms with van der Waals surface area (Å²) in [7, 11) is 0. The van der Waals surface area contributed by atoms with Crippen molar-refractivity contribution in [2.45, 2.75) is 31.4 Å². The molecule has 0 spiro atoms. The summed E-state index contributed by atoms with van der Waals surface area (Å²) in [5.41, 5.74) is 2.17. The third-order valence-corrected chi connectivity index (χ3v) is 4.71. The molecule has 4 heteroatoms. The van der Waals surface area contributed by atoms with Crippen molar-refractivity contribution in [3.63, 3.8) is 0 Å². The highest BCUT2D eigenvalue weighted by Gasteiger charge is 2.18. The number of hydrogen-bond acceptors (Lipinski definition) is 3. The first-order valence-corrected chi connectivity index (χ1v) is 7.11. The van der Waals surface area contributed by atoms with Crippen molar-refractivity contribution in [3.8, 4) is 0 Å². The van der Waals surface area contributed by atoms with Crippen LogP contribution in [0, 0.1) is 0 Å². The highest BCUT2D eigenvalue weighted by molar-refractivity contribution is 7.99. The van der Waals surface area contributed by atoms with Gasteiger partial charge in [0.2, 0.25) is 5.91 Å². The topological polar surface area (TPSA) is 41.1 Å². The first-order chi connectivity index (χ1) is 7.77. The summed E-state index contributed by atoms with van der Waals surface area (Å²) in [6.45, 7) is 4.54. The summed E-state index contributed by atoms with van der Waals surface area (Å²) < 4.78 is 0. The zero-order chi connectivity index (χ0) is 11.4. The third kappa shape index (κ3) is 3.01. The fourth-order valence-electron chi connectivity index (χ4n) is 1.98. The Bertz CT molecular complexity index is 289. The molecule has 0 bridgehead atoms. The smallest absolute Gasteiger partial charge is 0.247 e. The lowest BCUT2D eigenvalue weighted by Crippen LogP contribution is -2.39. The van der Waals surface area contributed by atoms with Crippen LogP contribution in [0.2, 0.25) is 0 Å². The molecule has 90 valence electrons. The fraction of sp³-hybridized carbons (Fsp3) is 0.750. The summed E-state index contributed by atoms with van der Waals surface area (Å²) in [5, 5.41) is 6.85. The second kappa shape index (κ2) is 5.73. The standard InChI is InChI=1S/C12H20N2OS/c1-9(10-6-13-7-10)12(15)14-8-11-4-2-3-5-16-11/h11,13H,2-8H2,1H3,(H,14,15). The van der Waals surface area contributed by atoms with Gasteiger partial charge < -0.3 is 10.6 Å². The molecule has 0 aromatic carbocycles. The SMILES string of the molecule is CC(C(=O)NCC1CCCCS1)=C1CNC1. The number of thioether (sulfide) groups is 1. The van der Waals surface area contributed by atoms with E-state index in [2.05, 4.69) is 10.6 Å². The highest BCUT2D eigenvalue weighted by atomic mass is 32.2. The predicted octanol–water partition coefficient (Wildman–Crippen LogP) is 1.31. The van der Waals surface area contributed by atoms with Crippen molar-refractivity contribution in [3.05, 3.63) is 11.1 Å². The molecule has 16 heavy (non-hydrogen) atoms. The summed E-state index contributed by atoms with van der Waals surface area (Å²) in [5.74, 6) is 1.38. The molecule has 0 aromatic rings. The molecule has 1 unspecified atom stereocenters. The van der Waals surface area contributed by atoms with Gasteiger partial charge in [-0.2, -0.15) is 11.8 Å².